The maximum absolute atomic E-state index is 9.18. The topological polar surface area (TPSA) is 29.5 Å². The Hall–Kier alpha value is 0.270. The minimum Gasteiger partial charge on any atom is -0.396 e. The Kier molecular flexibility index (Phi) is 3.17. The molecule has 2 aliphatic rings. The Bertz CT molecular complexity index is 159. The molecule has 1 heterocycles. The van der Waals surface area contributed by atoms with Crippen molar-refractivity contribution in [3.8, 4) is 0 Å². The molecule has 76 valence electrons. The molecule has 1 aliphatic carbocycles. The van der Waals surface area contributed by atoms with Crippen LogP contribution in [0.1, 0.15) is 19.3 Å². The van der Waals surface area contributed by atoms with Crippen LogP contribution in [0.5, 0.6) is 0 Å². The molecule has 0 aromatic rings. The highest BCUT2D eigenvalue weighted by Crippen LogP contribution is 2.35. The average Bonchev–Trinajstić information content (AvgIpc) is 1.99. The number of aliphatic hydroxyl groups excluding tert-OH is 1. The molecule has 1 saturated heterocycles. The first kappa shape index (κ1) is 9.81. The van der Waals surface area contributed by atoms with E-state index in [-0.39, 0.29) is 5.41 Å². The summed E-state index contributed by atoms with van der Waals surface area (Å²) in [7, 11) is 0. The SMILES string of the molecule is OCC1(CSCC2CCC2)COC1. The van der Waals surface area contributed by atoms with Gasteiger partial charge >= 0.3 is 0 Å². The molecule has 1 N–H and O–H groups in total. The molecular formula is C10H18O2S. The summed E-state index contributed by atoms with van der Waals surface area (Å²) in [5.74, 6) is 3.35. The molecule has 1 saturated carbocycles. The van der Waals surface area contributed by atoms with E-state index >= 15 is 0 Å². The van der Waals surface area contributed by atoms with Gasteiger partial charge in [-0.05, 0) is 24.5 Å². The Morgan fingerprint density at radius 2 is 2.15 bits per heavy atom. The fourth-order valence-corrected chi connectivity index (χ4v) is 3.19. The third-order valence-electron chi connectivity index (χ3n) is 3.14. The van der Waals surface area contributed by atoms with Gasteiger partial charge in [-0.25, -0.2) is 0 Å². The van der Waals surface area contributed by atoms with Crippen LogP contribution >= 0.6 is 11.8 Å². The standard InChI is InChI=1S/C10H18O2S/c11-5-10(6-12-7-10)8-13-4-9-2-1-3-9/h9,11H,1-8H2. The van der Waals surface area contributed by atoms with Crippen LogP contribution in [0.4, 0.5) is 0 Å². The molecular weight excluding hydrogens is 184 g/mol. The zero-order valence-electron chi connectivity index (χ0n) is 8.00. The normalized spacial score (nSPS) is 26.5. The first-order valence-electron chi connectivity index (χ1n) is 5.11. The third kappa shape index (κ3) is 2.20. The monoisotopic (exact) mass is 202 g/mol. The summed E-state index contributed by atoms with van der Waals surface area (Å²) < 4.78 is 5.15. The van der Waals surface area contributed by atoms with E-state index in [0.717, 1.165) is 24.9 Å². The highest BCUT2D eigenvalue weighted by molar-refractivity contribution is 7.99. The van der Waals surface area contributed by atoms with E-state index in [9.17, 15) is 5.11 Å². The van der Waals surface area contributed by atoms with Crippen molar-refractivity contribution in [3.63, 3.8) is 0 Å². The van der Waals surface area contributed by atoms with Gasteiger partial charge in [0.05, 0.1) is 19.8 Å². The zero-order valence-corrected chi connectivity index (χ0v) is 8.81. The van der Waals surface area contributed by atoms with Crippen molar-refractivity contribution in [2.45, 2.75) is 19.3 Å². The molecule has 1 aliphatic heterocycles. The molecule has 0 atom stereocenters. The van der Waals surface area contributed by atoms with Crippen molar-refractivity contribution in [1.82, 2.24) is 0 Å². The van der Waals surface area contributed by atoms with Gasteiger partial charge in [0.15, 0.2) is 0 Å². The number of aliphatic hydroxyl groups is 1. The molecule has 0 unspecified atom stereocenters. The van der Waals surface area contributed by atoms with Crippen molar-refractivity contribution in [2.24, 2.45) is 11.3 Å². The van der Waals surface area contributed by atoms with E-state index in [4.69, 9.17) is 4.74 Å². The fourth-order valence-electron chi connectivity index (χ4n) is 1.71. The summed E-state index contributed by atoms with van der Waals surface area (Å²) in [6.45, 7) is 1.83. The molecule has 2 rings (SSSR count). The lowest BCUT2D eigenvalue weighted by atomic mass is 9.87. The van der Waals surface area contributed by atoms with Crippen molar-refractivity contribution >= 4 is 11.8 Å². The fraction of sp³-hybridized carbons (Fsp3) is 1.00. The maximum atomic E-state index is 9.18. The van der Waals surface area contributed by atoms with Crippen LogP contribution in [0.2, 0.25) is 0 Å². The lowest BCUT2D eigenvalue weighted by Gasteiger charge is -2.40. The van der Waals surface area contributed by atoms with Gasteiger partial charge in [0.1, 0.15) is 0 Å². The molecule has 0 spiro atoms. The second-order valence-electron chi connectivity index (χ2n) is 4.46. The largest absolute Gasteiger partial charge is 0.396 e. The maximum Gasteiger partial charge on any atom is 0.0575 e. The van der Waals surface area contributed by atoms with Crippen molar-refractivity contribution in [1.29, 1.82) is 0 Å². The van der Waals surface area contributed by atoms with E-state index in [2.05, 4.69) is 0 Å². The number of rotatable bonds is 5. The van der Waals surface area contributed by atoms with Crippen LogP contribution < -0.4 is 0 Å². The molecule has 2 fully saturated rings. The predicted octanol–water partition coefficient (Wildman–Crippen LogP) is 1.53. The molecule has 3 heteroatoms. The number of hydrogen-bond donors (Lipinski definition) is 1. The predicted molar refractivity (Wildman–Crippen MR) is 55.0 cm³/mol. The number of hydrogen-bond acceptors (Lipinski definition) is 3. The van der Waals surface area contributed by atoms with E-state index in [0.29, 0.717) is 6.61 Å². The third-order valence-corrected chi connectivity index (χ3v) is 4.66. The van der Waals surface area contributed by atoms with Crippen LogP contribution in [0.15, 0.2) is 0 Å². The van der Waals surface area contributed by atoms with Crippen LogP contribution in [0.25, 0.3) is 0 Å². The second-order valence-corrected chi connectivity index (χ2v) is 5.49. The van der Waals surface area contributed by atoms with Gasteiger partial charge < -0.3 is 9.84 Å². The van der Waals surface area contributed by atoms with Crippen molar-refractivity contribution in [2.75, 3.05) is 31.3 Å². The van der Waals surface area contributed by atoms with Crippen LogP contribution in [-0.4, -0.2) is 36.4 Å². The summed E-state index contributed by atoms with van der Waals surface area (Å²) in [6, 6.07) is 0. The minimum atomic E-state index is 0.119. The average molecular weight is 202 g/mol. The van der Waals surface area contributed by atoms with Crippen LogP contribution in [0, 0.1) is 11.3 Å². The molecule has 0 aromatic heterocycles. The first-order chi connectivity index (χ1) is 6.35. The molecule has 0 bridgehead atoms. The van der Waals surface area contributed by atoms with Crippen molar-refractivity contribution in [3.05, 3.63) is 0 Å². The summed E-state index contributed by atoms with van der Waals surface area (Å²) in [6.07, 6.45) is 4.28. The van der Waals surface area contributed by atoms with Gasteiger partial charge in [-0.3, -0.25) is 0 Å². The van der Waals surface area contributed by atoms with Gasteiger partial charge in [0.25, 0.3) is 0 Å². The Labute approximate surface area is 84.0 Å². The van der Waals surface area contributed by atoms with E-state index in [1.165, 1.54) is 25.0 Å². The van der Waals surface area contributed by atoms with Gasteiger partial charge in [-0.1, -0.05) is 6.42 Å². The lowest BCUT2D eigenvalue weighted by Crippen LogP contribution is -2.47. The van der Waals surface area contributed by atoms with Crippen LogP contribution in [-0.2, 0) is 4.74 Å². The highest BCUT2D eigenvalue weighted by Gasteiger charge is 2.38. The van der Waals surface area contributed by atoms with Gasteiger partial charge in [0.2, 0.25) is 0 Å². The summed E-state index contributed by atoms with van der Waals surface area (Å²) in [5, 5.41) is 9.18. The Balaban J connectivity index is 1.60. The molecule has 13 heavy (non-hydrogen) atoms. The quantitative estimate of drug-likeness (QED) is 0.733. The highest BCUT2D eigenvalue weighted by atomic mass is 32.2. The van der Waals surface area contributed by atoms with Gasteiger partial charge in [-0.2, -0.15) is 11.8 Å². The number of thioether (sulfide) groups is 1. The minimum absolute atomic E-state index is 0.119. The van der Waals surface area contributed by atoms with E-state index in [1.807, 2.05) is 11.8 Å². The lowest BCUT2D eigenvalue weighted by molar-refractivity contribution is -0.121. The van der Waals surface area contributed by atoms with Gasteiger partial charge in [0, 0.05) is 11.2 Å². The Morgan fingerprint density at radius 3 is 2.54 bits per heavy atom. The van der Waals surface area contributed by atoms with Crippen LogP contribution in [0.3, 0.4) is 0 Å². The number of ether oxygens (including phenoxy) is 1. The Morgan fingerprint density at radius 1 is 1.38 bits per heavy atom. The smallest absolute Gasteiger partial charge is 0.0575 e. The second kappa shape index (κ2) is 4.20. The summed E-state index contributed by atoms with van der Waals surface area (Å²) >= 11 is 2.00. The molecule has 0 aromatic carbocycles. The van der Waals surface area contributed by atoms with Gasteiger partial charge in [-0.15, -0.1) is 0 Å². The van der Waals surface area contributed by atoms with E-state index in [1.54, 1.807) is 0 Å². The van der Waals surface area contributed by atoms with E-state index < -0.39 is 0 Å². The summed E-state index contributed by atoms with van der Waals surface area (Å²) in [5.41, 5.74) is 0.119. The molecule has 2 nitrogen and oxygen atoms in total. The summed E-state index contributed by atoms with van der Waals surface area (Å²) in [4.78, 5) is 0. The van der Waals surface area contributed by atoms with Crippen molar-refractivity contribution < 1.29 is 9.84 Å². The zero-order chi connectivity index (χ0) is 9.15. The first-order valence-corrected chi connectivity index (χ1v) is 6.26. The molecule has 0 radical (unpaired) electrons. The molecule has 0 amide bonds.